The molecule has 1 rings (SSSR count). The summed E-state index contributed by atoms with van der Waals surface area (Å²) in [7, 11) is 0. The van der Waals surface area contributed by atoms with Crippen LogP contribution in [0.2, 0.25) is 0 Å². The van der Waals surface area contributed by atoms with Crippen LogP contribution in [0.15, 0.2) is 23.8 Å². The first-order valence-electron chi connectivity index (χ1n) is 5.00. The summed E-state index contributed by atoms with van der Waals surface area (Å²) in [6, 6.07) is -0.583. The Bertz CT molecular complexity index is 319. The molecular formula is C11H16N2O2. The molecule has 1 unspecified atom stereocenters. The Morgan fingerprint density at radius 2 is 2.33 bits per heavy atom. The van der Waals surface area contributed by atoms with E-state index in [1.54, 1.807) is 0 Å². The van der Waals surface area contributed by atoms with E-state index < -0.39 is 11.9 Å². The van der Waals surface area contributed by atoms with E-state index in [-0.39, 0.29) is 5.91 Å². The molecule has 0 aromatic heterocycles. The van der Waals surface area contributed by atoms with Crippen LogP contribution in [0.1, 0.15) is 26.2 Å². The van der Waals surface area contributed by atoms with E-state index in [4.69, 9.17) is 5.73 Å². The first-order valence-corrected chi connectivity index (χ1v) is 5.00. The lowest BCUT2D eigenvalue weighted by molar-refractivity contribution is -0.126. The summed E-state index contributed by atoms with van der Waals surface area (Å²) >= 11 is 0. The third-order valence-electron chi connectivity index (χ3n) is 2.29. The van der Waals surface area contributed by atoms with Crippen molar-refractivity contribution < 1.29 is 9.59 Å². The number of hydrogen-bond donors (Lipinski definition) is 2. The van der Waals surface area contributed by atoms with Crippen molar-refractivity contribution in [2.45, 2.75) is 32.2 Å². The first-order chi connectivity index (χ1) is 7.09. The molecule has 0 radical (unpaired) electrons. The lowest BCUT2D eigenvalue weighted by atomic mass is 9.97. The molecule has 0 aromatic rings. The lowest BCUT2D eigenvalue weighted by Crippen LogP contribution is -2.43. The second-order valence-electron chi connectivity index (χ2n) is 3.65. The summed E-state index contributed by atoms with van der Waals surface area (Å²) in [4.78, 5) is 21.9. The lowest BCUT2D eigenvalue weighted by Gasteiger charge is -2.17. The molecule has 1 aliphatic carbocycles. The van der Waals surface area contributed by atoms with Gasteiger partial charge in [-0.25, -0.2) is 0 Å². The molecular weight excluding hydrogens is 192 g/mol. The molecule has 3 N–H and O–H groups in total. The molecule has 82 valence electrons. The fourth-order valence-corrected chi connectivity index (χ4v) is 1.55. The summed E-state index contributed by atoms with van der Waals surface area (Å²) in [5.41, 5.74) is 6.35. The van der Waals surface area contributed by atoms with Crippen LogP contribution in [0.3, 0.4) is 0 Å². The van der Waals surface area contributed by atoms with E-state index >= 15 is 0 Å². The van der Waals surface area contributed by atoms with E-state index in [1.807, 2.05) is 12.2 Å². The maximum atomic E-state index is 11.1. The van der Waals surface area contributed by atoms with Crippen molar-refractivity contribution in [3.05, 3.63) is 23.8 Å². The van der Waals surface area contributed by atoms with Crippen LogP contribution in [0.25, 0.3) is 0 Å². The molecule has 15 heavy (non-hydrogen) atoms. The normalized spacial score (nSPS) is 16.7. The molecule has 0 aromatic carbocycles. The minimum absolute atomic E-state index is 0.231. The van der Waals surface area contributed by atoms with Gasteiger partial charge in [0.05, 0.1) is 0 Å². The Morgan fingerprint density at radius 1 is 1.60 bits per heavy atom. The van der Waals surface area contributed by atoms with Gasteiger partial charge in [-0.05, 0) is 19.3 Å². The molecule has 4 nitrogen and oxygen atoms in total. The van der Waals surface area contributed by atoms with Gasteiger partial charge in [0.25, 0.3) is 0 Å². The molecule has 0 bridgehead atoms. The molecule has 1 atom stereocenters. The second-order valence-corrected chi connectivity index (χ2v) is 3.65. The maximum Gasteiger partial charge on any atom is 0.240 e. The van der Waals surface area contributed by atoms with Gasteiger partial charge in [-0.2, -0.15) is 0 Å². The van der Waals surface area contributed by atoms with Crippen molar-refractivity contribution >= 4 is 11.8 Å². The van der Waals surface area contributed by atoms with Crippen LogP contribution >= 0.6 is 0 Å². The largest absolute Gasteiger partial charge is 0.368 e. The SMILES string of the molecule is CC(=O)NC(CC1=CC=CCC1)C(N)=O. The number of carbonyl (C=O) groups excluding carboxylic acids is 2. The quantitative estimate of drug-likeness (QED) is 0.711. The summed E-state index contributed by atoms with van der Waals surface area (Å²) in [6.45, 7) is 1.38. The molecule has 0 saturated heterocycles. The van der Waals surface area contributed by atoms with Crippen LogP contribution in [0, 0.1) is 0 Å². The Kier molecular flexibility index (Phi) is 4.09. The Hall–Kier alpha value is -1.58. The van der Waals surface area contributed by atoms with Crippen molar-refractivity contribution in [2.24, 2.45) is 5.73 Å². The highest BCUT2D eigenvalue weighted by Gasteiger charge is 2.17. The molecule has 1 aliphatic rings. The van der Waals surface area contributed by atoms with E-state index in [9.17, 15) is 9.59 Å². The minimum atomic E-state index is -0.583. The number of carbonyl (C=O) groups is 2. The first kappa shape index (κ1) is 11.5. The van der Waals surface area contributed by atoms with E-state index in [0.717, 1.165) is 18.4 Å². The monoisotopic (exact) mass is 208 g/mol. The standard InChI is InChI=1S/C11H16N2O2/c1-8(14)13-10(11(12)15)7-9-5-3-2-4-6-9/h2-3,5,10H,4,6-7H2,1H3,(H2,12,15)(H,13,14). The zero-order valence-corrected chi connectivity index (χ0v) is 8.82. The molecule has 0 saturated carbocycles. The summed E-state index contributed by atoms with van der Waals surface area (Å²) in [5, 5.41) is 2.55. The molecule has 0 fully saturated rings. The highest BCUT2D eigenvalue weighted by molar-refractivity contribution is 5.85. The number of rotatable bonds is 4. The fourth-order valence-electron chi connectivity index (χ4n) is 1.55. The Balaban J connectivity index is 2.57. The van der Waals surface area contributed by atoms with Crippen molar-refractivity contribution in [3.8, 4) is 0 Å². The van der Waals surface area contributed by atoms with E-state index in [1.165, 1.54) is 6.92 Å². The number of hydrogen-bond acceptors (Lipinski definition) is 2. The van der Waals surface area contributed by atoms with Crippen LogP contribution in [0.4, 0.5) is 0 Å². The molecule has 0 heterocycles. The van der Waals surface area contributed by atoms with Gasteiger partial charge >= 0.3 is 0 Å². The van der Waals surface area contributed by atoms with Gasteiger partial charge in [0.1, 0.15) is 6.04 Å². The third-order valence-corrected chi connectivity index (χ3v) is 2.29. The van der Waals surface area contributed by atoms with Gasteiger partial charge in [0.15, 0.2) is 0 Å². The van der Waals surface area contributed by atoms with Crippen LogP contribution in [0.5, 0.6) is 0 Å². The maximum absolute atomic E-state index is 11.1. The summed E-state index contributed by atoms with van der Waals surface area (Å²) in [5.74, 6) is -0.716. The molecule has 0 spiro atoms. The highest BCUT2D eigenvalue weighted by atomic mass is 16.2. The highest BCUT2D eigenvalue weighted by Crippen LogP contribution is 2.16. The van der Waals surface area contributed by atoms with Gasteiger partial charge < -0.3 is 11.1 Å². The summed E-state index contributed by atoms with van der Waals surface area (Å²) in [6.07, 6.45) is 8.43. The van der Waals surface area contributed by atoms with Crippen molar-refractivity contribution in [2.75, 3.05) is 0 Å². The van der Waals surface area contributed by atoms with Crippen LogP contribution in [-0.2, 0) is 9.59 Å². The average molecular weight is 208 g/mol. The Labute approximate surface area is 89.2 Å². The Morgan fingerprint density at radius 3 is 2.80 bits per heavy atom. The van der Waals surface area contributed by atoms with Crippen LogP contribution < -0.4 is 11.1 Å². The smallest absolute Gasteiger partial charge is 0.240 e. The predicted molar refractivity (Wildman–Crippen MR) is 57.9 cm³/mol. The van der Waals surface area contributed by atoms with Gasteiger partial charge in [0.2, 0.25) is 11.8 Å². The third kappa shape index (κ3) is 3.97. The number of primary amides is 1. The zero-order valence-electron chi connectivity index (χ0n) is 8.82. The van der Waals surface area contributed by atoms with Gasteiger partial charge in [-0.1, -0.05) is 23.8 Å². The van der Waals surface area contributed by atoms with Gasteiger partial charge in [0, 0.05) is 6.92 Å². The topological polar surface area (TPSA) is 72.2 Å². The number of amides is 2. The van der Waals surface area contributed by atoms with Crippen molar-refractivity contribution in [1.82, 2.24) is 5.32 Å². The van der Waals surface area contributed by atoms with Crippen molar-refractivity contribution in [3.63, 3.8) is 0 Å². The average Bonchev–Trinajstić information content (AvgIpc) is 2.17. The van der Waals surface area contributed by atoms with E-state index in [2.05, 4.69) is 11.4 Å². The van der Waals surface area contributed by atoms with Gasteiger partial charge in [-0.15, -0.1) is 0 Å². The molecule has 0 aliphatic heterocycles. The minimum Gasteiger partial charge on any atom is -0.368 e. The number of allylic oxidation sites excluding steroid dienone is 3. The molecule has 4 heteroatoms. The molecule has 2 amide bonds. The predicted octanol–water partition coefficient (Wildman–Crippen LogP) is 0.643. The van der Waals surface area contributed by atoms with Crippen LogP contribution in [-0.4, -0.2) is 17.9 Å². The van der Waals surface area contributed by atoms with E-state index in [0.29, 0.717) is 6.42 Å². The number of nitrogens with one attached hydrogen (secondary N) is 1. The number of nitrogens with two attached hydrogens (primary N) is 1. The van der Waals surface area contributed by atoms with Crippen molar-refractivity contribution in [1.29, 1.82) is 0 Å². The van der Waals surface area contributed by atoms with Gasteiger partial charge in [-0.3, -0.25) is 9.59 Å². The second kappa shape index (κ2) is 5.34. The fraction of sp³-hybridized carbons (Fsp3) is 0.455. The zero-order chi connectivity index (χ0) is 11.3. The summed E-state index contributed by atoms with van der Waals surface area (Å²) < 4.78 is 0.